The van der Waals surface area contributed by atoms with E-state index in [4.69, 9.17) is 4.98 Å². The minimum atomic E-state index is 0.487. The molecule has 27 heavy (non-hydrogen) atoms. The SMILES string of the molecule is N#Cc1cc2ncc(NCCn3cccc3)nc2n2c1nc1ccccc12. The van der Waals surface area contributed by atoms with Crippen molar-refractivity contribution in [2.75, 3.05) is 11.9 Å². The van der Waals surface area contributed by atoms with Gasteiger partial charge in [-0.15, -0.1) is 0 Å². The number of nitriles is 1. The molecule has 0 saturated heterocycles. The number of hydrogen-bond acceptors (Lipinski definition) is 5. The molecule has 0 aliphatic carbocycles. The molecule has 4 heterocycles. The van der Waals surface area contributed by atoms with E-state index in [9.17, 15) is 5.26 Å². The minimum absolute atomic E-state index is 0.487. The van der Waals surface area contributed by atoms with Crippen LogP contribution in [-0.2, 0) is 6.54 Å². The fourth-order valence-electron chi connectivity index (χ4n) is 3.28. The van der Waals surface area contributed by atoms with E-state index in [-0.39, 0.29) is 0 Å². The van der Waals surface area contributed by atoms with Gasteiger partial charge in [0.05, 0.1) is 22.8 Å². The lowest BCUT2D eigenvalue weighted by Crippen LogP contribution is -2.11. The largest absolute Gasteiger partial charge is 0.367 e. The second-order valence-corrected chi connectivity index (χ2v) is 6.24. The standard InChI is InChI=1S/C20H15N7/c21-12-14-11-16-20(27-17-6-2-1-5-15(17)24-19(14)27)25-18(13-23-16)22-7-10-26-8-3-4-9-26/h1-6,8-9,11,13H,7,10H2,(H,22,25). The second-order valence-electron chi connectivity index (χ2n) is 6.24. The lowest BCUT2D eigenvalue weighted by molar-refractivity contribution is 0.731. The molecule has 0 unspecified atom stereocenters. The Balaban J connectivity index is 1.62. The number of para-hydroxylation sites is 2. The normalized spacial score (nSPS) is 11.2. The van der Waals surface area contributed by atoms with Crippen LogP contribution in [0.15, 0.2) is 61.1 Å². The van der Waals surface area contributed by atoms with Crippen LogP contribution in [0.4, 0.5) is 5.82 Å². The molecule has 0 atom stereocenters. The fraction of sp³-hybridized carbons (Fsp3) is 0.100. The summed E-state index contributed by atoms with van der Waals surface area (Å²) in [7, 11) is 0. The Morgan fingerprint density at radius 1 is 1.00 bits per heavy atom. The number of benzene rings is 1. The van der Waals surface area contributed by atoms with E-state index in [1.165, 1.54) is 0 Å². The zero-order valence-electron chi connectivity index (χ0n) is 14.4. The van der Waals surface area contributed by atoms with Crippen LogP contribution in [-0.4, -0.2) is 30.5 Å². The number of anilines is 1. The highest BCUT2D eigenvalue weighted by Crippen LogP contribution is 2.24. The summed E-state index contributed by atoms with van der Waals surface area (Å²) in [4.78, 5) is 13.9. The number of rotatable bonds is 4. The van der Waals surface area contributed by atoms with Crippen LogP contribution >= 0.6 is 0 Å². The Morgan fingerprint density at radius 2 is 1.85 bits per heavy atom. The molecule has 0 fully saturated rings. The van der Waals surface area contributed by atoms with Crippen molar-refractivity contribution in [2.45, 2.75) is 6.54 Å². The molecule has 0 amide bonds. The van der Waals surface area contributed by atoms with E-state index in [2.05, 4.69) is 25.9 Å². The van der Waals surface area contributed by atoms with Crippen molar-refractivity contribution in [2.24, 2.45) is 0 Å². The Hall–Kier alpha value is -3.92. The Morgan fingerprint density at radius 3 is 2.70 bits per heavy atom. The van der Waals surface area contributed by atoms with Crippen LogP contribution in [0.5, 0.6) is 0 Å². The van der Waals surface area contributed by atoms with Crippen LogP contribution in [0.2, 0.25) is 0 Å². The summed E-state index contributed by atoms with van der Waals surface area (Å²) in [5, 5.41) is 12.8. The third-order valence-corrected chi connectivity index (χ3v) is 4.54. The highest BCUT2D eigenvalue weighted by atomic mass is 15.1. The minimum Gasteiger partial charge on any atom is -0.367 e. The van der Waals surface area contributed by atoms with Crippen LogP contribution in [0, 0.1) is 11.3 Å². The average Bonchev–Trinajstić information content (AvgIpc) is 3.35. The van der Waals surface area contributed by atoms with Crippen molar-refractivity contribution < 1.29 is 0 Å². The molecule has 0 saturated carbocycles. The Bertz CT molecular complexity index is 1310. The first-order chi connectivity index (χ1) is 13.3. The molecule has 5 aromatic rings. The van der Waals surface area contributed by atoms with Crippen molar-refractivity contribution in [3.8, 4) is 6.07 Å². The molecular weight excluding hydrogens is 338 g/mol. The van der Waals surface area contributed by atoms with Crippen LogP contribution in [0.3, 0.4) is 0 Å². The zero-order chi connectivity index (χ0) is 18.2. The van der Waals surface area contributed by atoms with Gasteiger partial charge in [-0.1, -0.05) is 12.1 Å². The molecular formula is C20H15N7. The van der Waals surface area contributed by atoms with Gasteiger partial charge in [-0.2, -0.15) is 5.26 Å². The third kappa shape index (κ3) is 2.55. The van der Waals surface area contributed by atoms with Crippen LogP contribution in [0.25, 0.3) is 27.8 Å². The van der Waals surface area contributed by atoms with E-state index in [1.54, 1.807) is 12.3 Å². The zero-order valence-corrected chi connectivity index (χ0v) is 14.4. The summed E-state index contributed by atoms with van der Waals surface area (Å²) in [6.07, 6.45) is 5.75. The predicted molar refractivity (Wildman–Crippen MR) is 103 cm³/mol. The molecule has 0 bridgehead atoms. The molecule has 0 radical (unpaired) electrons. The first kappa shape index (κ1) is 15.3. The summed E-state index contributed by atoms with van der Waals surface area (Å²) < 4.78 is 4.01. The number of nitrogens with one attached hydrogen (secondary N) is 1. The molecule has 130 valence electrons. The van der Waals surface area contributed by atoms with Gasteiger partial charge in [-0.25, -0.2) is 15.0 Å². The first-order valence-electron chi connectivity index (χ1n) is 8.65. The molecule has 5 rings (SSSR count). The van der Waals surface area contributed by atoms with Gasteiger partial charge in [-0.3, -0.25) is 4.40 Å². The number of pyridine rings is 1. The van der Waals surface area contributed by atoms with E-state index in [0.717, 1.165) is 24.1 Å². The van der Waals surface area contributed by atoms with Crippen molar-refractivity contribution in [1.29, 1.82) is 5.26 Å². The smallest absolute Gasteiger partial charge is 0.167 e. The number of hydrogen-bond donors (Lipinski definition) is 1. The Kier molecular flexibility index (Phi) is 3.47. The van der Waals surface area contributed by atoms with Crippen molar-refractivity contribution in [1.82, 2.24) is 23.9 Å². The van der Waals surface area contributed by atoms with E-state index >= 15 is 0 Å². The highest BCUT2D eigenvalue weighted by molar-refractivity contribution is 5.90. The fourth-order valence-corrected chi connectivity index (χ4v) is 3.28. The summed E-state index contributed by atoms with van der Waals surface area (Å²) >= 11 is 0. The second kappa shape index (κ2) is 6.11. The summed E-state index contributed by atoms with van der Waals surface area (Å²) in [6.45, 7) is 1.57. The maximum Gasteiger partial charge on any atom is 0.167 e. The van der Waals surface area contributed by atoms with E-state index < -0.39 is 0 Å². The van der Waals surface area contributed by atoms with Gasteiger partial charge in [0.15, 0.2) is 11.3 Å². The van der Waals surface area contributed by atoms with Gasteiger partial charge < -0.3 is 9.88 Å². The van der Waals surface area contributed by atoms with E-state index in [1.807, 2.05) is 53.2 Å². The monoisotopic (exact) mass is 353 g/mol. The maximum atomic E-state index is 9.52. The number of aromatic nitrogens is 5. The molecule has 1 aromatic carbocycles. The molecule has 4 aromatic heterocycles. The van der Waals surface area contributed by atoms with Gasteiger partial charge in [0.2, 0.25) is 0 Å². The van der Waals surface area contributed by atoms with E-state index in [0.29, 0.717) is 28.2 Å². The molecule has 7 nitrogen and oxygen atoms in total. The van der Waals surface area contributed by atoms with Gasteiger partial charge in [0, 0.05) is 25.5 Å². The first-order valence-corrected chi connectivity index (χ1v) is 8.65. The van der Waals surface area contributed by atoms with Crippen LogP contribution < -0.4 is 5.32 Å². The summed E-state index contributed by atoms with van der Waals surface area (Å²) in [6, 6.07) is 15.8. The summed E-state index contributed by atoms with van der Waals surface area (Å²) in [5.41, 5.74) is 4.18. The third-order valence-electron chi connectivity index (χ3n) is 4.54. The van der Waals surface area contributed by atoms with Gasteiger partial charge in [-0.05, 0) is 30.3 Å². The lowest BCUT2D eigenvalue weighted by Gasteiger charge is -2.09. The predicted octanol–water partition coefficient (Wildman–Crippen LogP) is 3.22. The maximum absolute atomic E-state index is 9.52. The summed E-state index contributed by atoms with van der Waals surface area (Å²) in [5.74, 6) is 0.693. The van der Waals surface area contributed by atoms with Gasteiger partial charge >= 0.3 is 0 Å². The van der Waals surface area contributed by atoms with Gasteiger partial charge in [0.1, 0.15) is 17.4 Å². The topological polar surface area (TPSA) is 83.8 Å². The average molecular weight is 353 g/mol. The molecule has 0 aliphatic heterocycles. The number of fused-ring (bicyclic) bond motifs is 5. The number of nitrogens with zero attached hydrogens (tertiary/aromatic N) is 6. The lowest BCUT2D eigenvalue weighted by atomic mass is 10.2. The van der Waals surface area contributed by atoms with Crippen molar-refractivity contribution in [3.05, 3.63) is 66.6 Å². The van der Waals surface area contributed by atoms with Crippen molar-refractivity contribution >= 4 is 33.7 Å². The molecule has 0 aliphatic rings. The Labute approximate surface area is 154 Å². The molecule has 7 heteroatoms. The van der Waals surface area contributed by atoms with Gasteiger partial charge in [0.25, 0.3) is 0 Å². The quantitative estimate of drug-likeness (QED) is 0.536. The van der Waals surface area contributed by atoms with Crippen LogP contribution in [0.1, 0.15) is 5.56 Å². The van der Waals surface area contributed by atoms with Crippen molar-refractivity contribution in [3.63, 3.8) is 0 Å². The number of imidazole rings is 1. The molecule has 1 N–H and O–H groups in total. The molecule has 0 spiro atoms. The highest BCUT2D eigenvalue weighted by Gasteiger charge is 2.14.